The molecule has 0 saturated heterocycles. The van der Waals surface area contributed by atoms with Gasteiger partial charge in [0.1, 0.15) is 11.1 Å². The molecule has 29 heavy (non-hydrogen) atoms. The Labute approximate surface area is 168 Å². The molecule has 2 aromatic heterocycles. The van der Waals surface area contributed by atoms with Crippen LogP contribution in [0.25, 0.3) is 55.1 Å². The maximum atomic E-state index is 6.61. The number of aromatic nitrogens is 2. The molecule has 0 aliphatic carbocycles. The molecule has 0 saturated carbocycles. The highest BCUT2D eigenvalue weighted by atomic mass is 16.3. The van der Waals surface area contributed by atoms with E-state index in [2.05, 4.69) is 103 Å². The fourth-order valence-electron chi connectivity index (χ4n) is 4.76. The lowest BCUT2D eigenvalue weighted by atomic mass is 10.0. The third kappa shape index (κ3) is 2.10. The van der Waals surface area contributed by atoms with Gasteiger partial charge >= 0.3 is 0 Å². The zero-order valence-corrected chi connectivity index (χ0v) is 16.7. The molecular formula is C26H21N2O+. The number of nitrogens with zero attached hydrogens (tertiary/aromatic N) is 2. The number of furan rings is 1. The van der Waals surface area contributed by atoms with Crippen molar-refractivity contribution in [3.8, 4) is 11.4 Å². The lowest BCUT2D eigenvalue weighted by Gasteiger charge is -2.04. The van der Waals surface area contributed by atoms with Crippen molar-refractivity contribution in [2.45, 2.75) is 6.92 Å². The highest BCUT2D eigenvalue weighted by molar-refractivity contribution is 6.17. The van der Waals surface area contributed by atoms with Crippen LogP contribution in [0.15, 0.2) is 77.2 Å². The molecule has 4 aromatic carbocycles. The van der Waals surface area contributed by atoms with Gasteiger partial charge in [-0.1, -0.05) is 54.6 Å². The third-order valence-corrected chi connectivity index (χ3v) is 6.20. The van der Waals surface area contributed by atoms with Crippen molar-refractivity contribution >= 4 is 43.7 Å². The second-order valence-corrected chi connectivity index (χ2v) is 7.83. The molecule has 6 aromatic rings. The van der Waals surface area contributed by atoms with E-state index in [0.717, 1.165) is 33.3 Å². The molecule has 0 bridgehead atoms. The first kappa shape index (κ1) is 16.4. The zero-order chi connectivity index (χ0) is 19.7. The minimum Gasteiger partial charge on any atom is -0.454 e. The van der Waals surface area contributed by atoms with Crippen LogP contribution in [-0.4, -0.2) is 4.57 Å². The average molecular weight is 377 g/mol. The van der Waals surface area contributed by atoms with Crippen molar-refractivity contribution in [2.75, 3.05) is 0 Å². The quantitative estimate of drug-likeness (QED) is 0.321. The van der Waals surface area contributed by atoms with Crippen LogP contribution in [0.3, 0.4) is 0 Å². The molecule has 3 heteroatoms. The predicted molar refractivity (Wildman–Crippen MR) is 119 cm³/mol. The van der Waals surface area contributed by atoms with Crippen LogP contribution < -0.4 is 4.57 Å². The van der Waals surface area contributed by atoms with Crippen LogP contribution in [0.2, 0.25) is 0 Å². The number of para-hydroxylation sites is 2. The standard InChI is InChI=1S/C26H21N2O/c1-16-12-14-20-19-15-13-17-8-4-5-9-18(17)24(19)29-25(20)23(16)26-27(2)21-10-6-7-11-22(21)28(26)3/h4-15H,1-3H3/q+1. The number of hydrogen-bond acceptors (Lipinski definition) is 1. The van der Waals surface area contributed by atoms with E-state index in [1.165, 1.54) is 27.4 Å². The summed E-state index contributed by atoms with van der Waals surface area (Å²) in [5.41, 5.74) is 6.71. The molecule has 0 N–H and O–H groups in total. The first-order valence-electron chi connectivity index (χ1n) is 9.92. The van der Waals surface area contributed by atoms with E-state index in [4.69, 9.17) is 4.42 Å². The monoisotopic (exact) mass is 377 g/mol. The van der Waals surface area contributed by atoms with Gasteiger partial charge in [0.05, 0.1) is 14.1 Å². The number of aryl methyl sites for hydroxylation is 3. The highest BCUT2D eigenvalue weighted by Crippen LogP contribution is 2.40. The fraction of sp³-hybridized carbons (Fsp3) is 0.115. The van der Waals surface area contributed by atoms with Crippen molar-refractivity contribution in [3.05, 3.63) is 78.4 Å². The first-order valence-corrected chi connectivity index (χ1v) is 9.92. The molecule has 0 unspecified atom stereocenters. The summed E-state index contributed by atoms with van der Waals surface area (Å²) in [6.45, 7) is 2.16. The molecule has 0 spiro atoms. The van der Waals surface area contributed by atoms with Crippen molar-refractivity contribution in [2.24, 2.45) is 14.1 Å². The van der Waals surface area contributed by atoms with Crippen molar-refractivity contribution in [3.63, 3.8) is 0 Å². The summed E-state index contributed by atoms with van der Waals surface area (Å²) >= 11 is 0. The van der Waals surface area contributed by atoms with Gasteiger partial charge in [0.25, 0.3) is 5.82 Å². The summed E-state index contributed by atoms with van der Waals surface area (Å²) < 4.78 is 11.1. The van der Waals surface area contributed by atoms with Crippen LogP contribution in [0.5, 0.6) is 0 Å². The van der Waals surface area contributed by atoms with E-state index in [0.29, 0.717) is 0 Å². The van der Waals surface area contributed by atoms with Gasteiger partial charge in [-0.15, -0.1) is 0 Å². The molecule has 2 heterocycles. The lowest BCUT2D eigenvalue weighted by Crippen LogP contribution is -2.30. The Morgan fingerprint density at radius 3 is 2.34 bits per heavy atom. The van der Waals surface area contributed by atoms with Crippen molar-refractivity contribution in [1.82, 2.24) is 4.57 Å². The number of hydrogen-bond donors (Lipinski definition) is 0. The Morgan fingerprint density at radius 1 is 0.759 bits per heavy atom. The van der Waals surface area contributed by atoms with Gasteiger partial charge in [0.2, 0.25) is 0 Å². The molecule has 0 atom stereocenters. The Balaban J connectivity index is 1.80. The van der Waals surface area contributed by atoms with Gasteiger partial charge < -0.3 is 4.42 Å². The number of rotatable bonds is 1. The maximum absolute atomic E-state index is 6.61. The summed E-state index contributed by atoms with van der Waals surface area (Å²) in [4.78, 5) is 0. The second kappa shape index (κ2) is 5.71. The molecular weight excluding hydrogens is 356 g/mol. The Morgan fingerprint density at radius 2 is 1.48 bits per heavy atom. The average Bonchev–Trinajstić information content (AvgIpc) is 3.25. The van der Waals surface area contributed by atoms with Crippen molar-refractivity contribution in [1.29, 1.82) is 0 Å². The highest BCUT2D eigenvalue weighted by Gasteiger charge is 2.27. The third-order valence-electron chi connectivity index (χ3n) is 6.20. The minimum absolute atomic E-state index is 0.956. The Hall–Kier alpha value is -3.59. The minimum atomic E-state index is 0.956. The number of fused-ring (bicyclic) bond motifs is 6. The van der Waals surface area contributed by atoms with E-state index in [1.54, 1.807) is 0 Å². The SMILES string of the molecule is Cc1ccc2c(oc3c4ccccc4ccc23)c1-c1n(C)c2ccccc2[n+]1C. The molecule has 0 fully saturated rings. The molecule has 0 amide bonds. The number of imidazole rings is 1. The van der Waals surface area contributed by atoms with Gasteiger partial charge in [-0.25, -0.2) is 9.13 Å². The van der Waals surface area contributed by atoms with E-state index >= 15 is 0 Å². The Kier molecular flexibility index (Phi) is 3.22. The fourth-order valence-corrected chi connectivity index (χ4v) is 4.76. The van der Waals surface area contributed by atoms with Crippen LogP contribution in [0.1, 0.15) is 5.56 Å². The topological polar surface area (TPSA) is 21.9 Å². The van der Waals surface area contributed by atoms with Crippen LogP contribution in [0, 0.1) is 6.92 Å². The van der Waals surface area contributed by atoms with Gasteiger partial charge in [-0.3, -0.25) is 0 Å². The van der Waals surface area contributed by atoms with Crippen molar-refractivity contribution < 1.29 is 8.98 Å². The molecule has 0 aliphatic heterocycles. The normalized spacial score (nSPS) is 12.0. The van der Waals surface area contributed by atoms with Crippen LogP contribution in [0.4, 0.5) is 0 Å². The Bertz CT molecular complexity index is 1540. The maximum Gasteiger partial charge on any atom is 0.293 e. The van der Waals surface area contributed by atoms with Gasteiger partial charge in [-0.05, 0) is 36.1 Å². The lowest BCUT2D eigenvalue weighted by molar-refractivity contribution is -0.634. The molecule has 3 nitrogen and oxygen atoms in total. The van der Waals surface area contributed by atoms with Crippen LogP contribution in [-0.2, 0) is 14.1 Å². The van der Waals surface area contributed by atoms with Gasteiger partial charge in [0, 0.05) is 16.2 Å². The summed E-state index contributed by atoms with van der Waals surface area (Å²) in [6.07, 6.45) is 0. The summed E-state index contributed by atoms with van der Waals surface area (Å²) in [6, 6.07) is 25.7. The summed E-state index contributed by atoms with van der Waals surface area (Å²) in [5.74, 6) is 1.15. The molecule has 6 rings (SSSR count). The van der Waals surface area contributed by atoms with Gasteiger partial charge in [-0.2, -0.15) is 0 Å². The predicted octanol–water partition coefficient (Wildman–Crippen LogP) is 6.03. The van der Waals surface area contributed by atoms with E-state index in [1.807, 2.05) is 0 Å². The summed E-state index contributed by atoms with van der Waals surface area (Å²) in [5, 5.41) is 4.69. The molecule has 0 radical (unpaired) electrons. The molecule has 140 valence electrons. The largest absolute Gasteiger partial charge is 0.454 e. The van der Waals surface area contributed by atoms with E-state index < -0.39 is 0 Å². The zero-order valence-electron chi connectivity index (χ0n) is 16.7. The molecule has 0 aliphatic rings. The first-order chi connectivity index (χ1) is 14.1. The summed E-state index contributed by atoms with van der Waals surface area (Å²) in [7, 11) is 4.27. The number of benzene rings is 4. The van der Waals surface area contributed by atoms with Crippen LogP contribution >= 0.6 is 0 Å². The van der Waals surface area contributed by atoms with E-state index in [-0.39, 0.29) is 0 Å². The van der Waals surface area contributed by atoms with Gasteiger partial charge in [0.15, 0.2) is 16.6 Å². The smallest absolute Gasteiger partial charge is 0.293 e. The van der Waals surface area contributed by atoms with E-state index in [9.17, 15) is 0 Å². The second-order valence-electron chi connectivity index (χ2n) is 7.83.